The van der Waals surface area contributed by atoms with Gasteiger partial charge in [0.1, 0.15) is 0 Å². The number of amides is 1. The third-order valence-electron chi connectivity index (χ3n) is 1.33. The average molecular weight is 193 g/mol. The highest BCUT2D eigenvalue weighted by Crippen LogP contribution is 2.11. The van der Waals surface area contributed by atoms with E-state index in [1.54, 1.807) is 24.3 Å². The van der Waals surface area contributed by atoms with Crippen molar-refractivity contribution in [1.29, 1.82) is 0 Å². The molecule has 0 atom stereocenters. The summed E-state index contributed by atoms with van der Waals surface area (Å²) in [7, 11) is 0. The van der Waals surface area contributed by atoms with Crippen molar-refractivity contribution >= 4 is 29.1 Å². The summed E-state index contributed by atoms with van der Waals surface area (Å²) < 4.78 is 4.63. The van der Waals surface area contributed by atoms with E-state index in [4.69, 9.17) is 5.73 Å². The summed E-state index contributed by atoms with van der Waals surface area (Å²) in [5.41, 5.74) is 5.52. The topological polar surface area (TPSA) is 52.3 Å². The summed E-state index contributed by atoms with van der Waals surface area (Å²) in [5, 5.41) is 2.33. The van der Waals surface area contributed by atoms with Gasteiger partial charge in [0.25, 0.3) is 0 Å². The Hall–Kier alpha value is -1.64. The quantitative estimate of drug-likeness (QED) is 0.574. The maximum absolute atomic E-state index is 10.4. The first kappa shape index (κ1) is 9.45. The van der Waals surface area contributed by atoms with Gasteiger partial charge in [-0.25, -0.2) is 4.79 Å². The van der Waals surface area contributed by atoms with Crippen molar-refractivity contribution in [2.75, 3.05) is 0 Å². The summed E-state index contributed by atoms with van der Waals surface area (Å²) in [6.07, 6.45) is -0.892. The molecule has 1 rings (SSSR count). The number of hydrogen-bond donors (Lipinski definition) is 1. The molecule has 1 aromatic carbocycles. The molecule has 0 aromatic heterocycles. The Kier molecular flexibility index (Phi) is 3.20. The van der Waals surface area contributed by atoms with Crippen molar-refractivity contribution in [3.05, 3.63) is 35.9 Å². The predicted octanol–water partition coefficient (Wildman–Crippen LogP) is 1.72. The lowest BCUT2D eigenvalue weighted by Gasteiger charge is -2.01. The third-order valence-corrected chi connectivity index (χ3v) is 1.52. The Morgan fingerprint density at radius 2 is 2.00 bits per heavy atom. The maximum Gasteiger partial charge on any atom is 0.410 e. The molecular formula is C9H7NO2S. The highest BCUT2D eigenvalue weighted by molar-refractivity contribution is 7.78. The standard InChI is InChI=1S/C9H7NO2S/c10-9(11)12-8(6-13)7-4-2-1-3-5-7/h1-5H,(H2,10,11). The fourth-order valence-electron chi connectivity index (χ4n) is 0.829. The van der Waals surface area contributed by atoms with Gasteiger partial charge in [0.2, 0.25) is 0 Å². The molecule has 0 aliphatic heterocycles. The minimum absolute atomic E-state index is 0.170. The van der Waals surface area contributed by atoms with E-state index in [0.717, 1.165) is 0 Å². The van der Waals surface area contributed by atoms with Gasteiger partial charge in [-0.3, -0.25) is 0 Å². The van der Waals surface area contributed by atoms with E-state index in [1.165, 1.54) is 0 Å². The van der Waals surface area contributed by atoms with E-state index in [-0.39, 0.29) is 5.76 Å². The van der Waals surface area contributed by atoms with Crippen LogP contribution in [-0.4, -0.2) is 11.1 Å². The Balaban J connectivity index is 2.93. The van der Waals surface area contributed by atoms with Crippen LogP contribution < -0.4 is 5.73 Å². The molecule has 0 heterocycles. The van der Waals surface area contributed by atoms with E-state index in [9.17, 15) is 4.79 Å². The molecule has 1 amide bonds. The lowest BCUT2D eigenvalue weighted by atomic mass is 10.2. The van der Waals surface area contributed by atoms with Crippen molar-refractivity contribution < 1.29 is 9.53 Å². The van der Waals surface area contributed by atoms with Gasteiger partial charge < -0.3 is 10.5 Å². The number of primary amides is 1. The van der Waals surface area contributed by atoms with E-state index in [2.05, 4.69) is 22.0 Å². The van der Waals surface area contributed by atoms with Crippen molar-refractivity contribution in [2.24, 2.45) is 5.73 Å². The van der Waals surface area contributed by atoms with Crippen LogP contribution >= 0.6 is 12.2 Å². The second-order valence-electron chi connectivity index (χ2n) is 2.22. The first-order chi connectivity index (χ1) is 6.24. The number of rotatable bonds is 2. The Morgan fingerprint density at radius 3 is 2.46 bits per heavy atom. The highest BCUT2D eigenvalue weighted by Gasteiger charge is 2.04. The van der Waals surface area contributed by atoms with Crippen molar-refractivity contribution in [2.45, 2.75) is 0 Å². The predicted molar refractivity (Wildman–Crippen MR) is 53.1 cm³/mol. The largest absolute Gasteiger partial charge is 0.410 e. The van der Waals surface area contributed by atoms with Crippen LogP contribution in [0, 0.1) is 0 Å². The fraction of sp³-hybridized carbons (Fsp3) is 0. The Morgan fingerprint density at radius 1 is 1.38 bits per heavy atom. The summed E-state index contributed by atoms with van der Waals surface area (Å²) >= 11 is 4.55. The zero-order valence-corrected chi connectivity index (χ0v) is 7.51. The van der Waals surface area contributed by atoms with Gasteiger partial charge in [0.15, 0.2) is 5.76 Å². The molecule has 1 aromatic rings. The fourth-order valence-corrected chi connectivity index (χ4v) is 0.988. The van der Waals surface area contributed by atoms with Crippen LogP contribution in [0.15, 0.2) is 30.3 Å². The molecule has 0 saturated heterocycles. The van der Waals surface area contributed by atoms with Gasteiger partial charge in [0.05, 0.1) is 0 Å². The molecule has 0 saturated carbocycles. The van der Waals surface area contributed by atoms with Crippen LogP contribution in [0.1, 0.15) is 5.56 Å². The highest BCUT2D eigenvalue weighted by atomic mass is 32.1. The van der Waals surface area contributed by atoms with E-state index in [1.807, 2.05) is 6.07 Å². The van der Waals surface area contributed by atoms with Crippen LogP contribution in [0.2, 0.25) is 0 Å². The first-order valence-corrected chi connectivity index (χ1v) is 3.92. The molecule has 0 spiro atoms. The monoisotopic (exact) mass is 193 g/mol. The molecule has 66 valence electrons. The molecule has 13 heavy (non-hydrogen) atoms. The van der Waals surface area contributed by atoms with Crippen molar-refractivity contribution in [3.8, 4) is 0 Å². The van der Waals surface area contributed by atoms with Crippen LogP contribution in [0.4, 0.5) is 4.79 Å². The molecule has 0 fully saturated rings. The Bertz CT molecular complexity index is 355. The molecule has 2 N–H and O–H groups in total. The smallest absolute Gasteiger partial charge is 0.400 e. The van der Waals surface area contributed by atoms with Gasteiger partial charge >= 0.3 is 6.09 Å². The average Bonchev–Trinajstić information content (AvgIpc) is 2.15. The summed E-state index contributed by atoms with van der Waals surface area (Å²) in [4.78, 5) is 10.4. The van der Waals surface area contributed by atoms with Crippen LogP contribution in [0.5, 0.6) is 0 Å². The first-order valence-electron chi connectivity index (χ1n) is 3.52. The minimum Gasteiger partial charge on any atom is -0.400 e. The lowest BCUT2D eigenvalue weighted by Crippen LogP contribution is -2.12. The zero-order valence-electron chi connectivity index (χ0n) is 6.69. The second kappa shape index (κ2) is 4.40. The number of carbonyl (C=O) groups is 1. The maximum atomic E-state index is 10.4. The van der Waals surface area contributed by atoms with Gasteiger partial charge in [-0.15, -0.1) is 0 Å². The molecule has 0 unspecified atom stereocenters. The van der Waals surface area contributed by atoms with Gasteiger partial charge in [0, 0.05) is 10.6 Å². The SMILES string of the molecule is NC(=O)OC(=C=S)c1ccccc1. The third kappa shape index (κ3) is 2.71. The number of benzene rings is 1. The summed E-state index contributed by atoms with van der Waals surface area (Å²) in [5.74, 6) is 0.170. The minimum atomic E-state index is -0.892. The molecule has 3 nitrogen and oxygen atoms in total. The van der Waals surface area contributed by atoms with Gasteiger partial charge in [-0.05, 0) is 12.2 Å². The van der Waals surface area contributed by atoms with Crippen LogP contribution in [0.25, 0.3) is 5.76 Å². The number of nitrogens with two attached hydrogens (primary N) is 1. The van der Waals surface area contributed by atoms with E-state index < -0.39 is 6.09 Å². The van der Waals surface area contributed by atoms with Crippen molar-refractivity contribution in [3.63, 3.8) is 0 Å². The molecule has 0 bridgehead atoms. The van der Waals surface area contributed by atoms with E-state index in [0.29, 0.717) is 5.56 Å². The van der Waals surface area contributed by atoms with Gasteiger partial charge in [-0.2, -0.15) is 0 Å². The van der Waals surface area contributed by atoms with Crippen molar-refractivity contribution in [1.82, 2.24) is 0 Å². The number of ether oxygens (including phenoxy) is 1. The molecular weight excluding hydrogens is 186 g/mol. The molecule has 4 heteroatoms. The van der Waals surface area contributed by atoms with E-state index >= 15 is 0 Å². The molecule has 0 aliphatic carbocycles. The van der Waals surface area contributed by atoms with Gasteiger partial charge in [-0.1, -0.05) is 30.3 Å². The summed E-state index contributed by atoms with van der Waals surface area (Å²) in [6, 6.07) is 8.93. The normalized spacial score (nSPS) is 8.62. The zero-order chi connectivity index (χ0) is 9.68. The van der Waals surface area contributed by atoms with Crippen LogP contribution in [0.3, 0.4) is 0 Å². The number of carbonyl (C=O) groups excluding carboxylic acids is 1. The molecule has 0 aliphatic rings. The Labute approximate surface area is 80.8 Å². The lowest BCUT2D eigenvalue weighted by molar-refractivity contribution is 0.203. The number of hydrogen-bond acceptors (Lipinski definition) is 3. The summed E-state index contributed by atoms with van der Waals surface area (Å²) in [6.45, 7) is 0. The second-order valence-corrected chi connectivity index (χ2v) is 2.42. The van der Waals surface area contributed by atoms with Crippen LogP contribution in [-0.2, 0) is 4.74 Å². The number of thiocarbonyl (C=S) groups is 1. The molecule has 0 radical (unpaired) electrons.